The van der Waals surface area contributed by atoms with Crippen molar-refractivity contribution in [2.45, 2.75) is 25.7 Å². The lowest BCUT2D eigenvalue weighted by molar-refractivity contribution is -0.141. The van der Waals surface area contributed by atoms with Crippen molar-refractivity contribution >= 4 is 29.2 Å². The molecule has 4 rings (SSSR count). The Kier molecular flexibility index (Phi) is 5.28. The van der Waals surface area contributed by atoms with Gasteiger partial charge < -0.3 is 20.0 Å². The number of piperidine rings is 1. The maximum atomic E-state index is 13.1. The third-order valence-corrected chi connectivity index (χ3v) is 7.75. The van der Waals surface area contributed by atoms with Crippen LogP contribution in [0.5, 0.6) is 0 Å². The van der Waals surface area contributed by atoms with Gasteiger partial charge in [0.15, 0.2) is 0 Å². The molecule has 3 amide bonds. The third-order valence-electron chi connectivity index (χ3n) is 7.50. The number of nitrogens with one attached hydrogen (secondary N) is 1. The summed E-state index contributed by atoms with van der Waals surface area (Å²) in [5, 5.41) is 3.63. The molecular weight excluding hydrogens is 388 g/mol. The van der Waals surface area contributed by atoms with Crippen LogP contribution in [-0.2, 0) is 4.79 Å². The van der Waals surface area contributed by atoms with E-state index in [4.69, 9.17) is 11.6 Å². The molecule has 1 aromatic rings. The number of anilines is 1. The van der Waals surface area contributed by atoms with Gasteiger partial charge in [-0.25, -0.2) is 4.79 Å². The summed E-state index contributed by atoms with van der Waals surface area (Å²) in [4.78, 5) is 31.9. The molecule has 1 N–H and O–H groups in total. The monoisotopic (exact) mass is 418 g/mol. The number of hydrogen-bond acceptors (Lipinski definition) is 3. The highest BCUT2D eigenvalue weighted by Gasteiger charge is 2.64. The maximum absolute atomic E-state index is 13.1. The zero-order chi connectivity index (χ0) is 20.8. The number of benzene rings is 1. The van der Waals surface area contributed by atoms with E-state index in [1.54, 1.807) is 17.0 Å². The maximum Gasteiger partial charge on any atom is 0.321 e. The Morgan fingerprint density at radius 1 is 1.10 bits per heavy atom. The summed E-state index contributed by atoms with van der Waals surface area (Å²) in [6.07, 6.45) is 4.01. The summed E-state index contributed by atoms with van der Waals surface area (Å²) in [6, 6.07) is 7.13. The highest BCUT2D eigenvalue weighted by molar-refractivity contribution is 6.30. The van der Waals surface area contributed by atoms with Crippen molar-refractivity contribution < 1.29 is 9.59 Å². The van der Waals surface area contributed by atoms with Crippen LogP contribution in [0.25, 0.3) is 0 Å². The molecule has 3 fully saturated rings. The number of likely N-dealkylation sites (tertiary alicyclic amines) is 2. The first-order chi connectivity index (χ1) is 13.8. The van der Waals surface area contributed by atoms with E-state index in [1.165, 1.54) is 0 Å². The lowest BCUT2D eigenvalue weighted by Gasteiger charge is -2.44. The van der Waals surface area contributed by atoms with Gasteiger partial charge in [0.25, 0.3) is 0 Å². The Balaban J connectivity index is 1.44. The molecule has 158 valence electrons. The summed E-state index contributed by atoms with van der Waals surface area (Å²) < 4.78 is 0. The molecule has 7 heteroatoms. The van der Waals surface area contributed by atoms with Gasteiger partial charge in [0.1, 0.15) is 0 Å². The van der Waals surface area contributed by atoms with Crippen molar-refractivity contribution in [1.29, 1.82) is 0 Å². The average Bonchev–Trinajstić information content (AvgIpc) is 3.18. The summed E-state index contributed by atoms with van der Waals surface area (Å²) >= 11 is 5.92. The van der Waals surface area contributed by atoms with E-state index < -0.39 is 0 Å². The van der Waals surface area contributed by atoms with E-state index >= 15 is 0 Å². The largest absolute Gasteiger partial charge is 0.348 e. The molecule has 2 atom stereocenters. The molecule has 0 radical (unpaired) electrons. The van der Waals surface area contributed by atoms with Gasteiger partial charge in [-0.1, -0.05) is 11.6 Å². The molecule has 29 heavy (non-hydrogen) atoms. The highest BCUT2D eigenvalue weighted by atomic mass is 35.5. The van der Waals surface area contributed by atoms with Gasteiger partial charge in [0.2, 0.25) is 5.91 Å². The Labute approximate surface area is 178 Å². The van der Waals surface area contributed by atoms with Crippen LogP contribution in [0.2, 0.25) is 5.02 Å². The molecule has 6 nitrogen and oxygen atoms in total. The SMILES string of the molecule is CN1C[C@H]2C3(CCN(C(=O)Nc4ccc(Cl)cc4)CC3)CC[C@@]2(C(=O)N(C)C)C1. The fourth-order valence-electron chi connectivity index (χ4n) is 6.08. The van der Waals surface area contributed by atoms with Crippen LogP contribution >= 0.6 is 11.6 Å². The van der Waals surface area contributed by atoms with Gasteiger partial charge >= 0.3 is 6.03 Å². The van der Waals surface area contributed by atoms with Gasteiger partial charge in [0, 0.05) is 51.0 Å². The molecule has 0 aromatic heterocycles. The van der Waals surface area contributed by atoms with Crippen LogP contribution in [0.4, 0.5) is 10.5 Å². The van der Waals surface area contributed by atoms with Gasteiger partial charge in [-0.05, 0) is 68.3 Å². The lowest BCUT2D eigenvalue weighted by atomic mass is 9.65. The molecule has 1 spiro atoms. The molecular formula is C22H31ClN4O2. The van der Waals surface area contributed by atoms with Crippen molar-refractivity contribution in [1.82, 2.24) is 14.7 Å². The standard InChI is InChI=1S/C22H31ClN4O2/c1-25(2)19(28)22-9-8-21(18(22)14-26(3)15-22)10-12-27(13-11-21)20(29)24-17-6-4-16(23)5-7-17/h4-7,18H,8-15H2,1-3H3,(H,24,29)/t18-,22+/m0/s1. The Morgan fingerprint density at radius 3 is 2.38 bits per heavy atom. The second-order valence-corrected chi connectivity index (χ2v) is 9.83. The van der Waals surface area contributed by atoms with Crippen molar-refractivity contribution in [2.75, 3.05) is 52.6 Å². The van der Waals surface area contributed by atoms with E-state index in [0.717, 1.165) is 57.5 Å². The first-order valence-electron chi connectivity index (χ1n) is 10.5. The third kappa shape index (κ3) is 3.50. The summed E-state index contributed by atoms with van der Waals surface area (Å²) in [6.45, 7) is 3.32. The van der Waals surface area contributed by atoms with Crippen LogP contribution in [0.3, 0.4) is 0 Å². The number of nitrogens with zero attached hydrogens (tertiary/aromatic N) is 3. The fraction of sp³-hybridized carbons (Fsp3) is 0.636. The molecule has 3 aliphatic rings. The zero-order valence-corrected chi connectivity index (χ0v) is 18.3. The summed E-state index contributed by atoms with van der Waals surface area (Å²) in [5.74, 6) is 0.669. The van der Waals surface area contributed by atoms with Gasteiger partial charge in [-0.2, -0.15) is 0 Å². The number of urea groups is 1. The van der Waals surface area contributed by atoms with E-state index in [9.17, 15) is 9.59 Å². The Hall–Kier alpha value is -1.79. The van der Waals surface area contributed by atoms with Gasteiger partial charge in [-0.3, -0.25) is 4.79 Å². The minimum atomic E-state index is -0.244. The minimum absolute atomic E-state index is 0.0562. The van der Waals surface area contributed by atoms with E-state index in [2.05, 4.69) is 17.3 Å². The van der Waals surface area contributed by atoms with Crippen molar-refractivity contribution in [2.24, 2.45) is 16.7 Å². The molecule has 2 aliphatic heterocycles. The number of rotatable bonds is 2. The van der Waals surface area contributed by atoms with Crippen LogP contribution < -0.4 is 5.32 Å². The minimum Gasteiger partial charge on any atom is -0.348 e. The van der Waals surface area contributed by atoms with Crippen molar-refractivity contribution in [3.63, 3.8) is 0 Å². The highest BCUT2D eigenvalue weighted by Crippen LogP contribution is 2.62. The molecule has 2 heterocycles. The molecule has 0 bridgehead atoms. The lowest BCUT2D eigenvalue weighted by Crippen LogP contribution is -2.50. The van der Waals surface area contributed by atoms with Crippen LogP contribution in [0.15, 0.2) is 24.3 Å². The number of carbonyl (C=O) groups excluding carboxylic acids is 2. The van der Waals surface area contributed by atoms with Crippen LogP contribution in [-0.4, -0.2) is 74.0 Å². The first kappa shape index (κ1) is 20.5. The van der Waals surface area contributed by atoms with Crippen molar-refractivity contribution in [3.8, 4) is 0 Å². The number of fused-ring (bicyclic) bond motifs is 2. The van der Waals surface area contributed by atoms with E-state index in [-0.39, 0.29) is 22.8 Å². The van der Waals surface area contributed by atoms with Gasteiger partial charge in [0.05, 0.1) is 5.41 Å². The second kappa shape index (κ2) is 7.47. The van der Waals surface area contributed by atoms with Crippen molar-refractivity contribution in [3.05, 3.63) is 29.3 Å². The normalized spacial score (nSPS) is 28.4. The second-order valence-electron chi connectivity index (χ2n) is 9.39. The summed E-state index contributed by atoms with van der Waals surface area (Å²) in [7, 11) is 5.88. The molecule has 2 saturated heterocycles. The Bertz CT molecular complexity index is 789. The van der Waals surface area contributed by atoms with Crippen LogP contribution in [0.1, 0.15) is 25.7 Å². The quantitative estimate of drug-likeness (QED) is 0.800. The van der Waals surface area contributed by atoms with Gasteiger partial charge in [-0.15, -0.1) is 0 Å². The molecule has 1 aliphatic carbocycles. The summed E-state index contributed by atoms with van der Waals surface area (Å²) in [5.41, 5.74) is 0.688. The number of carbonyl (C=O) groups is 2. The van der Waals surface area contributed by atoms with Crippen LogP contribution in [0, 0.1) is 16.7 Å². The zero-order valence-electron chi connectivity index (χ0n) is 17.6. The number of hydrogen-bond donors (Lipinski definition) is 1. The Morgan fingerprint density at radius 2 is 1.76 bits per heavy atom. The smallest absolute Gasteiger partial charge is 0.321 e. The molecule has 1 saturated carbocycles. The molecule has 0 unspecified atom stereocenters. The number of halogens is 1. The average molecular weight is 419 g/mol. The molecule has 1 aromatic carbocycles. The fourth-order valence-corrected chi connectivity index (χ4v) is 6.21. The topological polar surface area (TPSA) is 55.9 Å². The van der Waals surface area contributed by atoms with E-state index in [0.29, 0.717) is 10.9 Å². The predicted molar refractivity (Wildman–Crippen MR) is 115 cm³/mol. The number of amides is 3. The predicted octanol–water partition coefficient (Wildman–Crippen LogP) is 3.38. The van der Waals surface area contributed by atoms with E-state index in [1.807, 2.05) is 31.1 Å². The first-order valence-corrected chi connectivity index (χ1v) is 10.9.